The minimum atomic E-state index is -0.711. The molecule has 2 aromatic carbocycles. The largest absolute Gasteiger partial charge is 0.497 e. The minimum absolute atomic E-state index is 0.118. The van der Waals surface area contributed by atoms with Crippen LogP contribution >= 0.6 is 11.6 Å². The summed E-state index contributed by atoms with van der Waals surface area (Å²) in [4.78, 5) is 38.6. The molecule has 9 heteroatoms. The summed E-state index contributed by atoms with van der Waals surface area (Å²) < 4.78 is 15.4. The van der Waals surface area contributed by atoms with E-state index in [0.29, 0.717) is 22.7 Å². The SMILES string of the molecule is CCOC(=O)c1cccc(NC2=C(Cl)C(=O)N(c3cc(OC)ccc3OC)C2=O)c1. The Hall–Kier alpha value is -3.52. The van der Waals surface area contributed by atoms with Crippen LogP contribution in [-0.4, -0.2) is 38.6 Å². The number of nitrogens with zero attached hydrogens (tertiary/aromatic N) is 1. The first-order valence-corrected chi connectivity index (χ1v) is 9.33. The van der Waals surface area contributed by atoms with Crippen LogP contribution in [0.4, 0.5) is 11.4 Å². The number of carbonyl (C=O) groups excluding carboxylic acids is 3. The Bertz CT molecular complexity index is 1050. The number of hydrogen-bond acceptors (Lipinski definition) is 7. The molecule has 1 aliphatic rings. The summed E-state index contributed by atoms with van der Waals surface area (Å²) >= 11 is 6.18. The third-order valence-electron chi connectivity index (χ3n) is 4.30. The third-order valence-corrected chi connectivity index (χ3v) is 4.65. The van der Waals surface area contributed by atoms with Gasteiger partial charge in [0.15, 0.2) is 0 Å². The molecule has 156 valence electrons. The summed E-state index contributed by atoms with van der Waals surface area (Å²) in [5, 5.41) is 2.54. The Morgan fingerprint density at radius 1 is 1.07 bits per heavy atom. The molecule has 1 heterocycles. The first-order valence-electron chi connectivity index (χ1n) is 8.96. The van der Waals surface area contributed by atoms with Gasteiger partial charge in [-0.25, -0.2) is 9.69 Å². The monoisotopic (exact) mass is 430 g/mol. The van der Waals surface area contributed by atoms with Crippen LogP contribution in [-0.2, 0) is 14.3 Å². The molecule has 30 heavy (non-hydrogen) atoms. The van der Waals surface area contributed by atoms with E-state index in [9.17, 15) is 14.4 Å². The van der Waals surface area contributed by atoms with Crippen molar-refractivity contribution in [3.8, 4) is 11.5 Å². The van der Waals surface area contributed by atoms with Crippen LogP contribution < -0.4 is 19.7 Å². The number of imide groups is 1. The van der Waals surface area contributed by atoms with Crippen molar-refractivity contribution in [1.82, 2.24) is 0 Å². The van der Waals surface area contributed by atoms with Crippen LogP contribution in [0, 0.1) is 0 Å². The molecule has 0 aliphatic carbocycles. The number of anilines is 2. The number of methoxy groups -OCH3 is 2. The lowest BCUT2D eigenvalue weighted by molar-refractivity contribution is -0.120. The van der Waals surface area contributed by atoms with Gasteiger partial charge >= 0.3 is 5.97 Å². The van der Waals surface area contributed by atoms with Gasteiger partial charge in [0.2, 0.25) is 0 Å². The number of esters is 1. The lowest BCUT2D eigenvalue weighted by Crippen LogP contribution is -2.32. The molecule has 1 N–H and O–H groups in total. The molecule has 0 saturated heterocycles. The van der Waals surface area contributed by atoms with Crippen molar-refractivity contribution in [2.24, 2.45) is 0 Å². The van der Waals surface area contributed by atoms with Gasteiger partial charge < -0.3 is 19.5 Å². The fourth-order valence-corrected chi connectivity index (χ4v) is 3.10. The standard InChI is InChI=1S/C21H19ClN2O6/c1-4-30-21(27)12-6-5-7-13(10-12)23-18-17(22)19(25)24(20(18)26)15-11-14(28-2)8-9-16(15)29-3/h5-11,23H,4H2,1-3H3. The summed E-state index contributed by atoms with van der Waals surface area (Å²) in [6.07, 6.45) is 0. The Morgan fingerprint density at radius 2 is 1.83 bits per heavy atom. The molecule has 0 fully saturated rings. The molecule has 0 spiro atoms. The van der Waals surface area contributed by atoms with Crippen molar-refractivity contribution in [3.63, 3.8) is 0 Å². The van der Waals surface area contributed by atoms with Gasteiger partial charge in [0.25, 0.3) is 11.8 Å². The van der Waals surface area contributed by atoms with E-state index in [1.165, 1.54) is 26.4 Å². The zero-order chi connectivity index (χ0) is 21.8. The Morgan fingerprint density at radius 3 is 2.50 bits per heavy atom. The van der Waals surface area contributed by atoms with Crippen LogP contribution in [0.1, 0.15) is 17.3 Å². The third kappa shape index (κ3) is 3.95. The molecule has 0 bridgehead atoms. The second kappa shape index (κ2) is 8.87. The molecular weight excluding hydrogens is 412 g/mol. The summed E-state index contributed by atoms with van der Waals surface area (Å²) in [7, 11) is 2.89. The van der Waals surface area contributed by atoms with Gasteiger partial charge in [-0.2, -0.15) is 0 Å². The molecule has 1 aliphatic heterocycles. The molecule has 0 aromatic heterocycles. The number of ether oxygens (including phenoxy) is 3. The molecule has 0 unspecified atom stereocenters. The number of rotatable bonds is 7. The number of halogens is 1. The van der Waals surface area contributed by atoms with E-state index in [0.717, 1.165) is 4.90 Å². The van der Waals surface area contributed by atoms with Crippen molar-refractivity contribution in [2.75, 3.05) is 31.0 Å². The lowest BCUT2D eigenvalue weighted by Gasteiger charge is -2.19. The summed E-state index contributed by atoms with van der Waals surface area (Å²) in [6.45, 7) is 1.94. The molecule has 0 saturated carbocycles. The average Bonchev–Trinajstić information content (AvgIpc) is 2.96. The highest BCUT2D eigenvalue weighted by atomic mass is 35.5. The number of carbonyl (C=O) groups is 3. The smallest absolute Gasteiger partial charge is 0.338 e. The zero-order valence-corrected chi connectivity index (χ0v) is 17.3. The molecule has 0 atom stereocenters. The quantitative estimate of drug-likeness (QED) is 0.532. The number of nitrogens with one attached hydrogen (secondary N) is 1. The fraction of sp³-hybridized carbons (Fsp3) is 0.190. The highest BCUT2D eigenvalue weighted by Crippen LogP contribution is 2.37. The van der Waals surface area contributed by atoms with Gasteiger partial charge in [-0.1, -0.05) is 17.7 Å². The predicted molar refractivity (Wildman–Crippen MR) is 111 cm³/mol. The van der Waals surface area contributed by atoms with Crippen LogP contribution in [0.5, 0.6) is 11.5 Å². The number of amides is 2. The van der Waals surface area contributed by atoms with Crippen LogP contribution in [0.2, 0.25) is 0 Å². The predicted octanol–water partition coefficient (Wildman–Crippen LogP) is 3.32. The van der Waals surface area contributed by atoms with E-state index in [1.807, 2.05) is 0 Å². The number of hydrogen-bond donors (Lipinski definition) is 1. The molecule has 2 aromatic rings. The van der Waals surface area contributed by atoms with Gasteiger partial charge in [-0.05, 0) is 37.3 Å². The van der Waals surface area contributed by atoms with Crippen molar-refractivity contribution in [2.45, 2.75) is 6.92 Å². The maximum atomic E-state index is 13.0. The maximum absolute atomic E-state index is 13.0. The van der Waals surface area contributed by atoms with E-state index in [1.54, 1.807) is 37.3 Å². The van der Waals surface area contributed by atoms with E-state index in [4.69, 9.17) is 25.8 Å². The van der Waals surface area contributed by atoms with Crippen molar-refractivity contribution in [3.05, 3.63) is 58.8 Å². The first-order chi connectivity index (χ1) is 14.4. The zero-order valence-electron chi connectivity index (χ0n) is 16.5. The summed E-state index contributed by atoms with van der Waals surface area (Å²) in [5.41, 5.74) is 0.769. The fourth-order valence-electron chi connectivity index (χ4n) is 2.88. The second-order valence-corrected chi connectivity index (χ2v) is 6.48. The lowest BCUT2D eigenvalue weighted by atomic mass is 10.2. The molecule has 8 nitrogen and oxygen atoms in total. The van der Waals surface area contributed by atoms with E-state index >= 15 is 0 Å². The molecule has 2 amide bonds. The van der Waals surface area contributed by atoms with Gasteiger partial charge in [0.1, 0.15) is 22.2 Å². The topological polar surface area (TPSA) is 94.2 Å². The Balaban J connectivity index is 1.92. The summed E-state index contributed by atoms with van der Waals surface area (Å²) in [5.74, 6) is -1.15. The van der Waals surface area contributed by atoms with E-state index in [2.05, 4.69) is 5.32 Å². The van der Waals surface area contributed by atoms with E-state index < -0.39 is 17.8 Å². The van der Waals surface area contributed by atoms with Crippen LogP contribution in [0.3, 0.4) is 0 Å². The molecule has 0 radical (unpaired) electrons. The van der Waals surface area contributed by atoms with Crippen molar-refractivity contribution in [1.29, 1.82) is 0 Å². The first kappa shape index (κ1) is 21.2. The normalized spacial score (nSPS) is 13.5. The Labute approximate surface area is 178 Å². The van der Waals surface area contributed by atoms with Gasteiger partial charge in [-0.3, -0.25) is 9.59 Å². The van der Waals surface area contributed by atoms with E-state index in [-0.39, 0.29) is 23.0 Å². The summed E-state index contributed by atoms with van der Waals surface area (Å²) in [6, 6.07) is 11.1. The van der Waals surface area contributed by atoms with Gasteiger partial charge in [0, 0.05) is 11.8 Å². The van der Waals surface area contributed by atoms with Gasteiger partial charge in [0.05, 0.1) is 32.1 Å². The van der Waals surface area contributed by atoms with Crippen LogP contribution in [0.25, 0.3) is 0 Å². The van der Waals surface area contributed by atoms with Crippen LogP contribution in [0.15, 0.2) is 53.2 Å². The highest BCUT2D eigenvalue weighted by Gasteiger charge is 2.40. The second-order valence-electron chi connectivity index (χ2n) is 6.10. The highest BCUT2D eigenvalue weighted by molar-refractivity contribution is 6.53. The Kier molecular flexibility index (Phi) is 6.27. The minimum Gasteiger partial charge on any atom is -0.497 e. The maximum Gasteiger partial charge on any atom is 0.338 e. The molecule has 3 rings (SSSR count). The van der Waals surface area contributed by atoms with Gasteiger partial charge in [-0.15, -0.1) is 0 Å². The molecular formula is C21H19ClN2O6. The van der Waals surface area contributed by atoms with Crippen molar-refractivity contribution >= 4 is 40.8 Å². The number of benzene rings is 2. The van der Waals surface area contributed by atoms with Crippen molar-refractivity contribution < 1.29 is 28.6 Å². The average molecular weight is 431 g/mol.